The van der Waals surface area contributed by atoms with Gasteiger partial charge < -0.3 is 9.47 Å². The summed E-state index contributed by atoms with van der Waals surface area (Å²) in [5.74, 6) is -1.42. The Morgan fingerprint density at radius 2 is 2.21 bits per heavy atom. The Morgan fingerprint density at radius 3 is 2.68 bits per heavy atom. The Balaban J connectivity index is 3.42. The third-order valence-corrected chi connectivity index (χ3v) is 2.14. The molecule has 19 heavy (non-hydrogen) atoms. The number of nitriles is 1. The summed E-state index contributed by atoms with van der Waals surface area (Å²) in [6.07, 6.45) is 0.171. The maximum absolute atomic E-state index is 12.2. The lowest BCUT2D eigenvalue weighted by molar-refractivity contribution is -0.0501. The lowest BCUT2D eigenvalue weighted by atomic mass is 10.0. The number of aldehydes is 1. The van der Waals surface area contributed by atoms with E-state index in [1.807, 2.05) is 0 Å². The third kappa shape index (κ3) is 3.25. The van der Waals surface area contributed by atoms with E-state index in [-0.39, 0.29) is 24.0 Å². The van der Waals surface area contributed by atoms with Gasteiger partial charge in [0.25, 0.3) is 0 Å². The quantitative estimate of drug-likeness (QED) is 0.604. The van der Waals surface area contributed by atoms with E-state index in [9.17, 15) is 18.4 Å². The molecule has 0 heterocycles. The molecule has 0 bridgehead atoms. The summed E-state index contributed by atoms with van der Waals surface area (Å²) in [4.78, 5) is 22.6. The van der Waals surface area contributed by atoms with E-state index in [4.69, 9.17) is 5.26 Å². The number of carbonyl (C=O) groups is 2. The summed E-state index contributed by atoms with van der Waals surface area (Å²) in [5.41, 5.74) is -0.961. The topological polar surface area (TPSA) is 76.4 Å². The van der Waals surface area contributed by atoms with E-state index >= 15 is 0 Å². The van der Waals surface area contributed by atoms with Crippen LogP contribution in [0.15, 0.2) is 12.1 Å². The molecule has 0 aliphatic rings. The van der Waals surface area contributed by atoms with Gasteiger partial charge in [-0.15, -0.1) is 0 Å². The molecule has 7 heteroatoms. The van der Waals surface area contributed by atoms with E-state index in [0.29, 0.717) is 0 Å². The molecule has 0 N–H and O–H groups in total. The zero-order chi connectivity index (χ0) is 14.4. The molecule has 0 amide bonds. The van der Waals surface area contributed by atoms with Crippen molar-refractivity contribution in [2.45, 2.75) is 13.5 Å². The fourth-order valence-corrected chi connectivity index (χ4v) is 1.43. The molecule has 100 valence electrons. The highest BCUT2D eigenvalue weighted by Gasteiger charge is 2.22. The van der Waals surface area contributed by atoms with Crippen LogP contribution in [0, 0.1) is 11.3 Å². The Hall–Kier alpha value is -2.49. The van der Waals surface area contributed by atoms with Gasteiger partial charge in [-0.3, -0.25) is 4.79 Å². The maximum atomic E-state index is 12.2. The molecule has 0 fully saturated rings. The molecule has 0 aliphatic carbocycles. The minimum Gasteiger partial charge on any atom is -0.462 e. The molecule has 0 radical (unpaired) electrons. The van der Waals surface area contributed by atoms with Crippen LogP contribution in [0.1, 0.15) is 33.2 Å². The molecule has 1 rings (SSSR count). The average Bonchev–Trinajstić information content (AvgIpc) is 2.37. The minimum atomic E-state index is -3.15. The molecular weight excluding hydrogens is 260 g/mol. The second kappa shape index (κ2) is 6.44. The molecule has 0 aromatic heterocycles. The number of nitrogens with zero attached hydrogens (tertiary/aromatic N) is 1. The lowest BCUT2D eigenvalue weighted by Gasteiger charge is -2.11. The maximum Gasteiger partial charge on any atom is 0.387 e. The molecule has 5 nitrogen and oxygen atoms in total. The number of halogens is 2. The van der Waals surface area contributed by atoms with Gasteiger partial charge in [-0.2, -0.15) is 14.0 Å². The summed E-state index contributed by atoms with van der Waals surface area (Å²) in [7, 11) is 0. The van der Waals surface area contributed by atoms with Crippen LogP contribution in [0.25, 0.3) is 0 Å². The molecule has 0 saturated heterocycles. The van der Waals surface area contributed by atoms with E-state index in [1.165, 1.54) is 6.92 Å². The predicted molar refractivity (Wildman–Crippen MR) is 59.1 cm³/mol. The molecule has 0 atom stereocenters. The van der Waals surface area contributed by atoms with Crippen molar-refractivity contribution in [1.82, 2.24) is 0 Å². The fourth-order valence-electron chi connectivity index (χ4n) is 1.43. The number of benzene rings is 1. The summed E-state index contributed by atoms with van der Waals surface area (Å²) in [5, 5.41) is 8.87. The monoisotopic (exact) mass is 269 g/mol. The highest BCUT2D eigenvalue weighted by Crippen LogP contribution is 2.26. The van der Waals surface area contributed by atoms with Crippen LogP contribution in [-0.4, -0.2) is 25.5 Å². The van der Waals surface area contributed by atoms with Crippen LogP contribution in [0.5, 0.6) is 5.75 Å². The van der Waals surface area contributed by atoms with Crippen molar-refractivity contribution in [2.75, 3.05) is 6.61 Å². The smallest absolute Gasteiger partial charge is 0.387 e. The van der Waals surface area contributed by atoms with Crippen molar-refractivity contribution in [3.63, 3.8) is 0 Å². The summed E-state index contributed by atoms with van der Waals surface area (Å²) in [6.45, 7) is -1.60. The Kier molecular flexibility index (Phi) is 4.94. The number of hydrogen-bond acceptors (Lipinski definition) is 5. The van der Waals surface area contributed by atoms with Crippen molar-refractivity contribution >= 4 is 12.3 Å². The molecule has 0 saturated carbocycles. The van der Waals surface area contributed by atoms with E-state index in [2.05, 4.69) is 9.47 Å². The fraction of sp³-hybridized carbons (Fsp3) is 0.250. The van der Waals surface area contributed by atoms with Crippen molar-refractivity contribution in [3.05, 3.63) is 28.8 Å². The molecule has 0 aliphatic heterocycles. The first-order valence-corrected chi connectivity index (χ1v) is 5.19. The van der Waals surface area contributed by atoms with E-state index in [1.54, 1.807) is 6.07 Å². The molecular formula is C12H9F2NO4. The summed E-state index contributed by atoms with van der Waals surface area (Å²) >= 11 is 0. The lowest BCUT2D eigenvalue weighted by Crippen LogP contribution is -2.13. The van der Waals surface area contributed by atoms with Gasteiger partial charge in [0.2, 0.25) is 0 Å². The van der Waals surface area contributed by atoms with Crippen LogP contribution in [-0.2, 0) is 4.74 Å². The first-order chi connectivity index (χ1) is 9.04. The van der Waals surface area contributed by atoms with Gasteiger partial charge in [0.05, 0.1) is 23.3 Å². The van der Waals surface area contributed by atoms with Crippen molar-refractivity contribution < 1.29 is 27.8 Å². The number of alkyl halides is 2. The SMILES string of the molecule is CCOC(=O)c1c(C#N)ccc(OC(F)F)c1C=O. The number of esters is 1. The Morgan fingerprint density at radius 1 is 1.53 bits per heavy atom. The van der Waals surface area contributed by atoms with E-state index < -0.39 is 23.9 Å². The number of carbonyl (C=O) groups excluding carboxylic acids is 2. The second-order valence-corrected chi connectivity index (χ2v) is 3.23. The standard InChI is InChI=1S/C12H9F2NO4/c1-2-18-11(17)10-7(5-15)3-4-9(8(10)6-16)19-12(13)14/h3-4,6,12H,2H2,1H3. The van der Waals surface area contributed by atoms with Gasteiger partial charge in [-0.05, 0) is 19.1 Å². The molecule has 1 aromatic rings. The largest absolute Gasteiger partial charge is 0.462 e. The third-order valence-electron chi connectivity index (χ3n) is 2.14. The van der Waals surface area contributed by atoms with Gasteiger partial charge in [-0.25, -0.2) is 4.79 Å². The highest BCUT2D eigenvalue weighted by molar-refractivity contribution is 6.02. The zero-order valence-electron chi connectivity index (χ0n) is 9.85. The van der Waals surface area contributed by atoms with Crippen molar-refractivity contribution in [1.29, 1.82) is 5.26 Å². The molecule has 1 aromatic carbocycles. The van der Waals surface area contributed by atoms with Crippen LogP contribution >= 0.6 is 0 Å². The average molecular weight is 269 g/mol. The molecule has 0 spiro atoms. The first kappa shape index (κ1) is 14.6. The predicted octanol–water partition coefficient (Wildman–Crippen LogP) is 2.15. The number of ether oxygens (including phenoxy) is 2. The van der Waals surface area contributed by atoms with Gasteiger partial charge >= 0.3 is 12.6 Å². The zero-order valence-corrected chi connectivity index (χ0v) is 9.85. The minimum absolute atomic E-state index is 0.0158. The number of hydrogen-bond donors (Lipinski definition) is 0. The summed E-state index contributed by atoms with van der Waals surface area (Å²) in [6, 6.07) is 3.82. The van der Waals surface area contributed by atoms with Crippen LogP contribution in [0.4, 0.5) is 8.78 Å². The van der Waals surface area contributed by atoms with E-state index in [0.717, 1.165) is 12.1 Å². The van der Waals surface area contributed by atoms with Gasteiger partial charge in [0.1, 0.15) is 11.8 Å². The second-order valence-electron chi connectivity index (χ2n) is 3.23. The van der Waals surface area contributed by atoms with Crippen molar-refractivity contribution in [3.8, 4) is 11.8 Å². The van der Waals surface area contributed by atoms with Crippen LogP contribution < -0.4 is 4.74 Å². The molecule has 0 unspecified atom stereocenters. The first-order valence-electron chi connectivity index (χ1n) is 5.19. The Bertz CT molecular complexity index is 537. The van der Waals surface area contributed by atoms with Gasteiger partial charge in [0.15, 0.2) is 6.29 Å². The van der Waals surface area contributed by atoms with Gasteiger partial charge in [-0.1, -0.05) is 0 Å². The summed E-state index contributed by atoms with van der Waals surface area (Å²) < 4.78 is 33.2. The van der Waals surface area contributed by atoms with Gasteiger partial charge in [0, 0.05) is 0 Å². The number of rotatable bonds is 5. The van der Waals surface area contributed by atoms with Crippen molar-refractivity contribution in [2.24, 2.45) is 0 Å². The Labute approximate surface area is 107 Å². The highest BCUT2D eigenvalue weighted by atomic mass is 19.3. The van der Waals surface area contributed by atoms with Crippen LogP contribution in [0.2, 0.25) is 0 Å². The normalized spacial score (nSPS) is 9.84. The van der Waals surface area contributed by atoms with Crippen LogP contribution in [0.3, 0.4) is 0 Å².